The number of H-pyrrole nitrogens is 1. The van der Waals surface area contributed by atoms with Crippen LogP contribution in [-0.2, 0) is 4.79 Å². The first-order chi connectivity index (χ1) is 10.9. The number of benzene rings is 1. The molecule has 0 radical (unpaired) electrons. The topological polar surface area (TPSA) is 104 Å². The van der Waals surface area contributed by atoms with Crippen molar-refractivity contribution < 1.29 is 19.4 Å². The number of hydrogen-bond acceptors (Lipinski definition) is 4. The maximum absolute atomic E-state index is 12.2. The first kappa shape index (κ1) is 16.5. The Balaban J connectivity index is 2.17. The Hall–Kier alpha value is -2.83. The molecule has 0 spiro atoms. The Morgan fingerprint density at radius 2 is 1.91 bits per heavy atom. The van der Waals surface area contributed by atoms with E-state index in [1.54, 1.807) is 30.3 Å². The molecular formula is C16H19N3O4. The van der Waals surface area contributed by atoms with Crippen LogP contribution in [0.5, 0.6) is 5.75 Å². The molecule has 122 valence electrons. The number of aromatic amines is 1. The predicted octanol–water partition coefficient (Wildman–Crippen LogP) is 2.10. The predicted molar refractivity (Wildman–Crippen MR) is 83.5 cm³/mol. The Morgan fingerprint density at radius 3 is 2.39 bits per heavy atom. The number of ether oxygens (including phenoxy) is 1. The minimum Gasteiger partial charge on any atom is -0.497 e. The van der Waals surface area contributed by atoms with Crippen molar-refractivity contribution in [3.8, 4) is 5.75 Å². The van der Waals surface area contributed by atoms with Crippen LogP contribution in [0, 0.1) is 0 Å². The second-order valence-electron chi connectivity index (χ2n) is 5.38. The molecule has 0 aliphatic rings. The van der Waals surface area contributed by atoms with Crippen LogP contribution in [-0.4, -0.2) is 34.3 Å². The average molecular weight is 317 g/mol. The second-order valence-corrected chi connectivity index (χ2v) is 5.38. The lowest BCUT2D eigenvalue weighted by Crippen LogP contribution is -2.33. The van der Waals surface area contributed by atoms with Crippen LogP contribution < -0.4 is 10.1 Å². The minimum atomic E-state index is -1.16. The molecule has 2 rings (SSSR count). The van der Waals surface area contributed by atoms with E-state index in [0.717, 1.165) is 5.69 Å². The maximum atomic E-state index is 12.2. The number of carboxylic acids is 1. The highest BCUT2D eigenvalue weighted by Crippen LogP contribution is 2.19. The molecule has 1 heterocycles. The smallest absolute Gasteiger partial charge is 0.330 e. The van der Waals surface area contributed by atoms with Gasteiger partial charge in [0.15, 0.2) is 6.04 Å². The highest BCUT2D eigenvalue weighted by atomic mass is 16.5. The molecular weight excluding hydrogens is 298 g/mol. The van der Waals surface area contributed by atoms with E-state index in [9.17, 15) is 14.7 Å². The highest BCUT2D eigenvalue weighted by molar-refractivity contribution is 5.95. The van der Waals surface area contributed by atoms with Crippen molar-refractivity contribution in [2.45, 2.75) is 25.8 Å². The third kappa shape index (κ3) is 3.88. The van der Waals surface area contributed by atoms with Crippen molar-refractivity contribution in [2.75, 3.05) is 7.11 Å². The molecule has 0 bridgehead atoms. The monoisotopic (exact) mass is 317 g/mol. The van der Waals surface area contributed by atoms with Crippen LogP contribution >= 0.6 is 0 Å². The Labute approximate surface area is 133 Å². The van der Waals surface area contributed by atoms with Crippen LogP contribution in [0.15, 0.2) is 30.3 Å². The summed E-state index contributed by atoms with van der Waals surface area (Å²) in [6, 6.07) is 6.94. The fourth-order valence-corrected chi connectivity index (χ4v) is 2.04. The normalized spacial score (nSPS) is 12.0. The summed E-state index contributed by atoms with van der Waals surface area (Å²) in [7, 11) is 1.52. The van der Waals surface area contributed by atoms with Crippen LogP contribution in [0.1, 0.15) is 47.6 Å². The van der Waals surface area contributed by atoms with Crippen molar-refractivity contribution in [1.29, 1.82) is 0 Å². The number of aliphatic carboxylic acids is 1. The summed E-state index contributed by atoms with van der Waals surface area (Å²) in [6.45, 7) is 3.93. The molecule has 1 amide bonds. The van der Waals surface area contributed by atoms with Crippen molar-refractivity contribution >= 4 is 11.9 Å². The summed E-state index contributed by atoms with van der Waals surface area (Å²) in [5.41, 5.74) is 1.42. The van der Waals surface area contributed by atoms with Gasteiger partial charge in [-0.05, 0) is 29.7 Å². The van der Waals surface area contributed by atoms with Gasteiger partial charge in [-0.3, -0.25) is 9.89 Å². The lowest BCUT2D eigenvalue weighted by molar-refractivity contribution is -0.139. The minimum absolute atomic E-state index is 0.161. The molecule has 0 aliphatic heterocycles. The number of amides is 1. The van der Waals surface area contributed by atoms with Crippen LogP contribution in [0.3, 0.4) is 0 Å². The standard InChI is InChI=1S/C16H19N3O4/c1-9(2)12-8-13(19-18-12)15(20)17-14(16(21)22)10-4-6-11(23-3)7-5-10/h4-9,14H,1-3H3,(H,17,20)(H,18,19)(H,21,22). The quantitative estimate of drug-likeness (QED) is 0.757. The molecule has 1 aromatic carbocycles. The van der Waals surface area contributed by atoms with E-state index >= 15 is 0 Å². The molecule has 3 N–H and O–H groups in total. The van der Waals surface area contributed by atoms with Gasteiger partial charge in [0.25, 0.3) is 5.91 Å². The van der Waals surface area contributed by atoms with E-state index in [0.29, 0.717) is 11.3 Å². The maximum Gasteiger partial charge on any atom is 0.330 e. The van der Waals surface area contributed by atoms with Gasteiger partial charge in [0.05, 0.1) is 7.11 Å². The number of nitrogens with zero attached hydrogens (tertiary/aromatic N) is 1. The molecule has 1 unspecified atom stereocenters. The van der Waals surface area contributed by atoms with Gasteiger partial charge in [-0.1, -0.05) is 26.0 Å². The number of hydrogen-bond donors (Lipinski definition) is 3. The van der Waals surface area contributed by atoms with Gasteiger partial charge >= 0.3 is 5.97 Å². The molecule has 0 fully saturated rings. The fraction of sp³-hybridized carbons (Fsp3) is 0.312. The number of nitrogens with one attached hydrogen (secondary N) is 2. The van der Waals surface area contributed by atoms with E-state index in [4.69, 9.17) is 4.74 Å². The Kier molecular flexibility index (Phi) is 5.00. The molecule has 23 heavy (non-hydrogen) atoms. The van der Waals surface area contributed by atoms with Crippen molar-refractivity contribution in [3.05, 3.63) is 47.3 Å². The molecule has 1 aromatic heterocycles. The average Bonchev–Trinajstić information content (AvgIpc) is 3.02. The Morgan fingerprint density at radius 1 is 1.26 bits per heavy atom. The van der Waals surface area contributed by atoms with Gasteiger partial charge in [0.1, 0.15) is 11.4 Å². The molecule has 1 atom stereocenters. The van der Waals surface area contributed by atoms with Gasteiger partial charge in [-0.15, -0.1) is 0 Å². The van der Waals surface area contributed by atoms with Crippen molar-refractivity contribution in [2.24, 2.45) is 0 Å². The Bertz CT molecular complexity index is 692. The molecule has 0 saturated heterocycles. The molecule has 0 saturated carbocycles. The lowest BCUT2D eigenvalue weighted by Gasteiger charge is -2.14. The number of aromatic nitrogens is 2. The fourth-order valence-electron chi connectivity index (χ4n) is 2.04. The number of rotatable bonds is 6. The van der Waals surface area contributed by atoms with Crippen LogP contribution in [0.2, 0.25) is 0 Å². The molecule has 7 heteroatoms. The summed E-state index contributed by atoms with van der Waals surface area (Å²) >= 11 is 0. The summed E-state index contributed by atoms with van der Waals surface area (Å²) < 4.78 is 5.04. The SMILES string of the molecule is COc1ccc(C(NC(=O)c2cc(C(C)C)[nH]n2)C(=O)O)cc1. The second kappa shape index (κ2) is 6.95. The lowest BCUT2D eigenvalue weighted by atomic mass is 10.1. The zero-order chi connectivity index (χ0) is 17.0. The van der Waals surface area contributed by atoms with Crippen LogP contribution in [0.25, 0.3) is 0 Å². The van der Waals surface area contributed by atoms with Crippen molar-refractivity contribution in [3.63, 3.8) is 0 Å². The largest absolute Gasteiger partial charge is 0.497 e. The third-order valence-corrected chi connectivity index (χ3v) is 3.42. The van der Waals surface area contributed by atoms with E-state index in [1.165, 1.54) is 7.11 Å². The van der Waals surface area contributed by atoms with Gasteiger partial charge in [-0.2, -0.15) is 5.10 Å². The number of carbonyl (C=O) groups excluding carboxylic acids is 1. The van der Waals surface area contributed by atoms with Crippen molar-refractivity contribution in [1.82, 2.24) is 15.5 Å². The first-order valence-corrected chi connectivity index (χ1v) is 7.15. The summed E-state index contributed by atoms with van der Waals surface area (Å²) in [5, 5.41) is 18.5. The number of carbonyl (C=O) groups is 2. The first-order valence-electron chi connectivity index (χ1n) is 7.15. The molecule has 7 nitrogen and oxygen atoms in total. The van der Waals surface area contributed by atoms with Gasteiger partial charge in [0, 0.05) is 5.69 Å². The summed E-state index contributed by atoms with van der Waals surface area (Å²) in [4.78, 5) is 23.7. The van der Waals surface area contributed by atoms with Gasteiger partial charge in [-0.25, -0.2) is 4.79 Å². The van der Waals surface area contributed by atoms with E-state index in [1.807, 2.05) is 13.8 Å². The molecule has 2 aromatic rings. The van der Waals surface area contributed by atoms with Gasteiger partial charge < -0.3 is 15.2 Å². The van der Waals surface area contributed by atoms with Gasteiger partial charge in [0.2, 0.25) is 0 Å². The zero-order valence-corrected chi connectivity index (χ0v) is 13.2. The zero-order valence-electron chi connectivity index (χ0n) is 13.2. The summed E-state index contributed by atoms with van der Waals surface area (Å²) in [6.07, 6.45) is 0. The summed E-state index contributed by atoms with van der Waals surface area (Å²) in [5.74, 6) is -0.890. The van der Waals surface area contributed by atoms with E-state index in [2.05, 4.69) is 15.5 Å². The number of methoxy groups -OCH3 is 1. The third-order valence-electron chi connectivity index (χ3n) is 3.42. The van der Waals surface area contributed by atoms with Crippen LogP contribution in [0.4, 0.5) is 0 Å². The molecule has 0 aliphatic carbocycles. The number of carboxylic acid groups (broad SMARTS) is 1. The van der Waals surface area contributed by atoms with E-state index < -0.39 is 17.9 Å². The highest BCUT2D eigenvalue weighted by Gasteiger charge is 2.24. The van der Waals surface area contributed by atoms with E-state index in [-0.39, 0.29) is 11.6 Å².